The van der Waals surface area contributed by atoms with Crippen LogP contribution in [0.3, 0.4) is 0 Å². The average molecular weight is 613 g/mol. The molecule has 0 radical (unpaired) electrons. The van der Waals surface area contributed by atoms with Crippen LogP contribution in [-0.4, -0.2) is 64.7 Å². The second-order valence-electron chi connectivity index (χ2n) is 8.33. The summed E-state index contributed by atoms with van der Waals surface area (Å²) < 4.78 is 0. The van der Waals surface area contributed by atoms with Crippen LogP contribution in [0.4, 0.5) is 22.7 Å². The van der Waals surface area contributed by atoms with Gasteiger partial charge in [0.05, 0.1) is 0 Å². The normalized spacial score (nSPS) is 9.45. The Hall–Kier alpha value is -6.84. The summed E-state index contributed by atoms with van der Waals surface area (Å²) in [4.78, 5) is 41.3. The van der Waals surface area contributed by atoms with Crippen molar-refractivity contribution in [1.82, 2.24) is 0 Å². The highest BCUT2D eigenvalue weighted by Crippen LogP contribution is 2.21. The molecule has 0 saturated carbocycles. The molecule has 232 valence electrons. The zero-order chi connectivity index (χ0) is 33.7. The number of aromatic carboxylic acids is 4. The molecule has 16 heteroatoms. The van der Waals surface area contributed by atoms with Crippen molar-refractivity contribution in [3.63, 3.8) is 0 Å². The largest absolute Gasteiger partial charge is 0.507 e. The summed E-state index contributed by atoms with van der Waals surface area (Å²) in [5.41, 5.74) is 21.9. The van der Waals surface area contributed by atoms with Crippen LogP contribution in [0.25, 0.3) is 0 Å². The predicted octanol–water partition coefficient (Wildman–Crippen LogP) is 2.69. The quantitative estimate of drug-likeness (QED) is 0.147. The van der Waals surface area contributed by atoms with Gasteiger partial charge < -0.3 is 63.8 Å². The fourth-order valence-electron chi connectivity index (χ4n) is 2.92. The standard InChI is InChI=1S/4C7H7NO3/c4*8-4-1-2-5(7(10)11)6(9)3-4/h4*1-3,9H,8H2,(H,10,11). The van der Waals surface area contributed by atoms with E-state index < -0.39 is 23.9 Å². The van der Waals surface area contributed by atoms with Crippen LogP contribution in [-0.2, 0) is 0 Å². The smallest absolute Gasteiger partial charge is 0.339 e. The Bertz CT molecular complexity index is 1430. The first kappa shape index (κ1) is 35.2. The maximum Gasteiger partial charge on any atom is 0.339 e. The van der Waals surface area contributed by atoms with Gasteiger partial charge in [-0.1, -0.05) is 0 Å². The minimum atomic E-state index is -1.16. The number of rotatable bonds is 4. The lowest BCUT2D eigenvalue weighted by Gasteiger charge is -1.98. The summed E-state index contributed by atoms with van der Waals surface area (Å²) in [6.45, 7) is 0. The van der Waals surface area contributed by atoms with Gasteiger partial charge in [0, 0.05) is 47.0 Å². The van der Waals surface area contributed by atoms with Crippen molar-refractivity contribution >= 4 is 46.6 Å². The molecular weight excluding hydrogens is 584 g/mol. The Morgan fingerprint density at radius 1 is 0.364 bits per heavy atom. The molecule has 44 heavy (non-hydrogen) atoms. The number of carbonyl (C=O) groups is 4. The van der Waals surface area contributed by atoms with Gasteiger partial charge in [0.15, 0.2) is 0 Å². The first-order valence-electron chi connectivity index (χ1n) is 11.7. The van der Waals surface area contributed by atoms with Gasteiger partial charge >= 0.3 is 23.9 Å². The van der Waals surface area contributed by atoms with E-state index in [1.54, 1.807) is 0 Å². The third-order valence-electron chi connectivity index (χ3n) is 5.01. The first-order chi connectivity index (χ1) is 20.4. The van der Waals surface area contributed by atoms with Crippen molar-refractivity contribution in [2.75, 3.05) is 22.9 Å². The molecule has 0 unspecified atom stereocenters. The number of phenols is 4. The summed E-state index contributed by atoms with van der Waals surface area (Å²) in [5, 5.41) is 69.8. The van der Waals surface area contributed by atoms with E-state index >= 15 is 0 Å². The highest BCUT2D eigenvalue weighted by atomic mass is 16.4. The molecule has 16 nitrogen and oxygen atoms in total. The summed E-state index contributed by atoms with van der Waals surface area (Å²) in [7, 11) is 0. The molecule has 0 aliphatic carbocycles. The molecule has 0 bridgehead atoms. The fraction of sp³-hybridized carbons (Fsp3) is 0. The van der Waals surface area contributed by atoms with E-state index in [1.165, 1.54) is 72.8 Å². The number of nitrogens with two attached hydrogens (primary N) is 4. The maximum atomic E-state index is 10.3. The van der Waals surface area contributed by atoms with Gasteiger partial charge in [-0.3, -0.25) is 0 Å². The summed E-state index contributed by atoms with van der Waals surface area (Å²) >= 11 is 0. The van der Waals surface area contributed by atoms with Crippen molar-refractivity contribution in [1.29, 1.82) is 0 Å². The number of carboxylic acid groups (broad SMARTS) is 4. The van der Waals surface area contributed by atoms with Crippen LogP contribution >= 0.6 is 0 Å². The lowest BCUT2D eigenvalue weighted by molar-refractivity contribution is 0.0682. The van der Waals surface area contributed by atoms with Crippen LogP contribution in [0.15, 0.2) is 72.8 Å². The molecule has 4 aromatic rings. The van der Waals surface area contributed by atoms with E-state index in [0.717, 1.165) is 0 Å². The topological polar surface area (TPSA) is 334 Å². The highest BCUT2D eigenvalue weighted by Gasteiger charge is 2.10. The molecule has 4 rings (SSSR count). The monoisotopic (exact) mass is 612 g/mol. The minimum absolute atomic E-state index is 0.140. The lowest BCUT2D eigenvalue weighted by atomic mass is 10.2. The Balaban J connectivity index is 0.000000293. The molecule has 0 spiro atoms. The molecule has 0 aliphatic heterocycles. The van der Waals surface area contributed by atoms with Gasteiger partial charge in [0.2, 0.25) is 0 Å². The number of hydrogen-bond donors (Lipinski definition) is 12. The highest BCUT2D eigenvalue weighted by molar-refractivity contribution is 5.92. The zero-order valence-electron chi connectivity index (χ0n) is 22.4. The number of carboxylic acids is 4. The zero-order valence-corrected chi connectivity index (χ0v) is 22.4. The van der Waals surface area contributed by atoms with Crippen LogP contribution in [0, 0.1) is 0 Å². The molecule has 0 aromatic heterocycles. The third kappa shape index (κ3) is 11.0. The van der Waals surface area contributed by atoms with E-state index in [-0.39, 0.29) is 45.3 Å². The van der Waals surface area contributed by atoms with Crippen LogP contribution in [0.1, 0.15) is 41.4 Å². The Kier molecular flexibility index (Phi) is 12.6. The van der Waals surface area contributed by atoms with Crippen molar-refractivity contribution < 1.29 is 60.0 Å². The van der Waals surface area contributed by atoms with E-state index in [0.29, 0.717) is 22.7 Å². The van der Waals surface area contributed by atoms with Gasteiger partial charge in [-0.05, 0) is 48.5 Å². The fourth-order valence-corrected chi connectivity index (χ4v) is 2.92. The van der Waals surface area contributed by atoms with Gasteiger partial charge in [0.1, 0.15) is 45.3 Å². The lowest BCUT2D eigenvalue weighted by Crippen LogP contribution is -1.97. The Morgan fingerprint density at radius 3 is 0.636 bits per heavy atom. The van der Waals surface area contributed by atoms with Gasteiger partial charge in [-0.15, -0.1) is 0 Å². The first-order valence-corrected chi connectivity index (χ1v) is 11.7. The van der Waals surface area contributed by atoms with E-state index in [2.05, 4.69) is 0 Å². The molecule has 0 amide bonds. The van der Waals surface area contributed by atoms with Crippen molar-refractivity contribution in [2.45, 2.75) is 0 Å². The predicted molar refractivity (Wildman–Crippen MR) is 158 cm³/mol. The Morgan fingerprint density at radius 2 is 0.523 bits per heavy atom. The number of aromatic hydroxyl groups is 4. The molecule has 4 aromatic carbocycles. The second kappa shape index (κ2) is 15.8. The second-order valence-corrected chi connectivity index (χ2v) is 8.33. The van der Waals surface area contributed by atoms with E-state index in [4.69, 9.17) is 63.8 Å². The molecule has 0 heterocycles. The number of benzene rings is 4. The van der Waals surface area contributed by atoms with Gasteiger partial charge in [-0.2, -0.15) is 0 Å². The molecular formula is C28H28N4O12. The summed E-state index contributed by atoms with van der Waals surface area (Å²) in [6, 6.07) is 15.5. The van der Waals surface area contributed by atoms with Gasteiger partial charge in [0.25, 0.3) is 0 Å². The Labute approximate surface area is 247 Å². The molecule has 0 aliphatic rings. The molecule has 0 saturated heterocycles. The maximum absolute atomic E-state index is 10.3. The molecule has 0 atom stereocenters. The van der Waals surface area contributed by atoms with Crippen LogP contribution in [0.2, 0.25) is 0 Å². The minimum Gasteiger partial charge on any atom is -0.507 e. The van der Waals surface area contributed by atoms with Crippen molar-refractivity contribution in [3.8, 4) is 23.0 Å². The van der Waals surface area contributed by atoms with E-state index in [9.17, 15) is 19.2 Å². The summed E-state index contributed by atoms with van der Waals surface area (Å²) in [6.07, 6.45) is 0. The molecule has 0 fully saturated rings. The average Bonchev–Trinajstić information content (AvgIpc) is 2.89. The third-order valence-corrected chi connectivity index (χ3v) is 5.01. The van der Waals surface area contributed by atoms with E-state index in [1.807, 2.05) is 0 Å². The van der Waals surface area contributed by atoms with Crippen LogP contribution < -0.4 is 22.9 Å². The number of anilines is 4. The number of hydrogen-bond acceptors (Lipinski definition) is 12. The van der Waals surface area contributed by atoms with Crippen LogP contribution in [0.5, 0.6) is 23.0 Å². The molecule has 16 N–H and O–H groups in total. The van der Waals surface area contributed by atoms with Crippen molar-refractivity contribution in [2.24, 2.45) is 0 Å². The van der Waals surface area contributed by atoms with Crippen molar-refractivity contribution in [3.05, 3.63) is 95.1 Å². The number of nitrogen functional groups attached to an aromatic ring is 4. The van der Waals surface area contributed by atoms with Gasteiger partial charge in [-0.25, -0.2) is 19.2 Å². The summed E-state index contributed by atoms with van der Waals surface area (Å²) in [5.74, 6) is -5.89. The SMILES string of the molecule is Nc1ccc(C(=O)O)c(O)c1.Nc1ccc(C(=O)O)c(O)c1.Nc1ccc(C(=O)O)c(O)c1.Nc1ccc(C(=O)O)c(O)c1.